The van der Waals surface area contributed by atoms with Gasteiger partial charge in [0.1, 0.15) is 12.1 Å². The van der Waals surface area contributed by atoms with Crippen molar-refractivity contribution in [3.8, 4) is 0 Å². The third-order valence-corrected chi connectivity index (χ3v) is 4.37. The summed E-state index contributed by atoms with van der Waals surface area (Å²) in [5.41, 5.74) is 3.64. The molecule has 1 aliphatic rings. The Morgan fingerprint density at radius 3 is 2.77 bits per heavy atom. The summed E-state index contributed by atoms with van der Waals surface area (Å²) in [6.07, 6.45) is 3.93. The highest BCUT2D eigenvalue weighted by atomic mass is 15.4. The number of hydrogen-bond donors (Lipinski definition) is 0. The summed E-state index contributed by atoms with van der Waals surface area (Å²) in [5, 5.41) is 4.35. The van der Waals surface area contributed by atoms with Crippen LogP contribution >= 0.6 is 0 Å². The number of benzene rings is 1. The Balaban J connectivity index is 1.79. The van der Waals surface area contributed by atoms with Gasteiger partial charge in [-0.1, -0.05) is 29.8 Å². The topological polar surface area (TPSA) is 46.3 Å². The number of nitrogens with zero attached hydrogens (tertiary/aromatic N) is 5. The Labute approximate surface area is 129 Å². The number of rotatable bonds is 2. The summed E-state index contributed by atoms with van der Waals surface area (Å²) in [6.45, 7) is 5.17. The molecule has 0 saturated carbocycles. The van der Waals surface area contributed by atoms with Crippen molar-refractivity contribution in [1.82, 2.24) is 19.6 Å². The Hall–Kier alpha value is -2.43. The molecule has 4 rings (SSSR count). The maximum atomic E-state index is 4.44. The zero-order valence-electron chi connectivity index (χ0n) is 12.9. The van der Waals surface area contributed by atoms with Crippen molar-refractivity contribution in [3.63, 3.8) is 0 Å². The highest BCUT2D eigenvalue weighted by molar-refractivity contribution is 5.50. The van der Waals surface area contributed by atoms with E-state index in [-0.39, 0.29) is 0 Å². The number of hydrogen-bond acceptors (Lipinski definition) is 4. The molecule has 2 aromatic heterocycles. The molecule has 22 heavy (non-hydrogen) atoms. The monoisotopic (exact) mass is 293 g/mol. The van der Waals surface area contributed by atoms with E-state index in [0.717, 1.165) is 18.1 Å². The molecule has 0 N–H and O–H groups in total. The fraction of sp³-hybridized carbons (Fsp3) is 0.353. The third-order valence-electron chi connectivity index (χ3n) is 4.37. The van der Waals surface area contributed by atoms with Gasteiger partial charge in [0.25, 0.3) is 5.78 Å². The Bertz CT molecular complexity index is 806. The summed E-state index contributed by atoms with van der Waals surface area (Å²) in [5.74, 6) is 1.76. The minimum atomic E-state index is 0.398. The van der Waals surface area contributed by atoms with Crippen LogP contribution in [-0.4, -0.2) is 26.1 Å². The fourth-order valence-electron chi connectivity index (χ4n) is 3.29. The Morgan fingerprint density at radius 2 is 1.95 bits per heavy atom. The lowest BCUT2D eigenvalue weighted by Crippen LogP contribution is -2.25. The van der Waals surface area contributed by atoms with Crippen LogP contribution in [0.3, 0.4) is 0 Å². The molecular formula is C17H19N5. The van der Waals surface area contributed by atoms with Gasteiger partial charge < -0.3 is 4.90 Å². The SMILES string of the molecule is Cc1ccc([C@H]2CCCN2c2cc(C)nc3ncnn23)cc1. The van der Waals surface area contributed by atoms with Crippen LogP contribution in [0.5, 0.6) is 0 Å². The Kier molecular flexibility index (Phi) is 3.06. The maximum absolute atomic E-state index is 4.44. The van der Waals surface area contributed by atoms with Crippen LogP contribution in [0.1, 0.15) is 35.7 Å². The van der Waals surface area contributed by atoms with Crippen molar-refractivity contribution >= 4 is 11.6 Å². The number of fused-ring (bicyclic) bond motifs is 1. The molecule has 0 aliphatic carbocycles. The molecule has 1 aliphatic heterocycles. The van der Waals surface area contributed by atoms with E-state index in [9.17, 15) is 0 Å². The maximum Gasteiger partial charge on any atom is 0.254 e. The van der Waals surface area contributed by atoms with Crippen LogP contribution in [0.2, 0.25) is 0 Å². The van der Waals surface area contributed by atoms with E-state index in [1.54, 1.807) is 6.33 Å². The van der Waals surface area contributed by atoms with E-state index in [1.807, 2.05) is 11.4 Å². The van der Waals surface area contributed by atoms with Gasteiger partial charge in [0, 0.05) is 18.3 Å². The lowest BCUT2D eigenvalue weighted by Gasteiger charge is -2.27. The molecule has 1 atom stereocenters. The zero-order valence-corrected chi connectivity index (χ0v) is 12.9. The van der Waals surface area contributed by atoms with Gasteiger partial charge in [-0.25, -0.2) is 4.98 Å². The molecule has 0 bridgehead atoms. The minimum absolute atomic E-state index is 0.398. The molecule has 0 radical (unpaired) electrons. The van der Waals surface area contributed by atoms with Crippen molar-refractivity contribution < 1.29 is 0 Å². The van der Waals surface area contributed by atoms with E-state index in [0.29, 0.717) is 11.8 Å². The van der Waals surface area contributed by atoms with Crippen molar-refractivity contribution in [1.29, 1.82) is 0 Å². The second kappa shape index (κ2) is 5.09. The van der Waals surface area contributed by atoms with Crippen LogP contribution in [0, 0.1) is 13.8 Å². The van der Waals surface area contributed by atoms with Gasteiger partial charge in [0.2, 0.25) is 0 Å². The predicted molar refractivity (Wildman–Crippen MR) is 86.0 cm³/mol. The lowest BCUT2D eigenvalue weighted by molar-refractivity contribution is 0.697. The van der Waals surface area contributed by atoms with Crippen LogP contribution in [0.25, 0.3) is 5.78 Å². The van der Waals surface area contributed by atoms with E-state index >= 15 is 0 Å². The van der Waals surface area contributed by atoms with Gasteiger partial charge in [-0.3, -0.25) is 0 Å². The average Bonchev–Trinajstić information content (AvgIpc) is 3.15. The van der Waals surface area contributed by atoms with Gasteiger partial charge in [-0.15, -0.1) is 0 Å². The summed E-state index contributed by atoms with van der Waals surface area (Å²) in [4.78, 5) is 11.1. The number of aromatic nitrogens is 4. The number of aryl methyl sites for hydroxylation is 2. The van der Waals surface area contributed by atoms with Gasteiger partial charge in [0.15, 0.2) is 0 Å². The molecule has 3 aromatic rings. The second-order valence-electron chi connectivity index (χ2n) is 5.99. The second-order valence-corrected chi connectivity index (χ2v) is 5.99. The smallest absolute Gasteiger partial charge is 0.254 e. The lowest BCUT2D eigenvalue weighted by atomic mass is 10.0. The first-order chi connectivity index (χ1) is 10.7. The average molecular weight is 293 g/mol. The summed E-state index contributed by atoms with van der Waals surface area (Å²) in [7, 11) is 0. The summed E-state index contributed by atoms with van der Waals surface area (Å²) >= 11 is 0. The highest BCUT2D eigenvalue weighted by Gasteiger charge is 2.28. The van der Waals surface area contributed by atoms with Crippen molar-refractivity contribution in [2.45, 2.75) is 32.7 Å². The molecule has 5 heteroatoms. The minimum Gasteiger partial charge on any atom is -0.349 e. The highest BCUT2D eigenvalue weighted by Crippen LogP contribution is 2.36. The zero-order chi connectivity index (χ0) is 15.1. The molecule has 112 valence electrons. The van der Waals surface area contributed by atoms with Gasteiger partial charge in [0.05, 0.1) is 6.04 Å². The first-order valence-electron chi connectivity index (χ1n) is 7.73. The van der Waals surface area contributed by atoms with Crippen LogP contribution in [-0.2, 0) is 0 Å². The quantitative estimate of drug-likeness (QED) is 0.728. The van der Waals surface area contributed by atoms with Crippen molar-refractivity contribution in [2.24, 2.45) is 0 Å². The van der Waals surface area contributed by atoms with Crippen molar-refractivity contribution in [2.75, 3.05) is 11.4 Å². The molecule has 0 amide bonds. The van der Waals surface area contributed by atoms with E-state index in [4.69, 9.17) is 0 Å². The predicted octanol–water partition coefficient (Wildman–Crippen LogP) is 3.08. The largest absolute Gasteiger partial charge is 0.349 e. The van der Waals surface area contributed by atoms with E-state index < -0.39 is 0 Å². The molecule has 0 spiro atoms. The number of anilines is 1. The van der Waals surface area contributed by atoms with Crippen LogP contribution in [0.15, 0.2) is 36.7 Å². The van der Waals surface area contributed by atoms with Crippen LogP contribution in [0.4, 0.5) is 5.82 Å². The van der Waals surface area contributed by atoms with Gasteiger partial charge in [-0.2, -0.15) is 14.6 Å². The van der Waals surface area contributed by atoms with Gasteiger partial charge in [-0.05, 0) is 32.3 Å². The molecule has 3 heterocycles. The third kappa shape index (κ3) is 2.13. The summed E-state index contributed by atoms with van der Waals surface area (Å²) < 4.78 is 1.85. The normalized spacial score (nSPS) is 18.3. The van der Waals surface area contributed by atoms with E-state index in [1.165, 1.54) is 24.0 Å². The molecular weight excluding hydrogens is 274 g/mol. The first kappa shape index (κ1) is 13.2. The van der Waals surface area contributed by atoms with Crippen molar-refractivity contribution in [3.05, 3.63) is 53.5 Å². The van der Waals surface area contributed by atoms with Gasteiger partial charge >= 0.3 is 0 Å². The Morgan fingerprint density at radius 1 is 1.14 bits per heavy atom. The molecule has 1 saturated heterocycles. The first-order valence-corrected chi connectivity index (χ1v) is 7.73. The molecule has 5 nitrogen and oxygen atoms in total. The van der Waals surface area contributed by atoms with Crippen LogP contribution < -0.4 is 4.90 Å². The fourth-order valence-corrected chi connectivity index (χ4v) is 3.29. The molecule has 0 unspecified atom stereocenters. The van der Waals surface area contributed by atoms with E-state index in [2.05, 4.69) is 57.2 Å². The summed E-state index contributed by atoms with van der Waals surface area (Å²) in [6, 6.07) is 11.4. The molecule has 1 fully saturated rings. The standard InChI is InChI=1S/C17H19N5/c1-12-5-7-14(8-6-12)15-4-3-9-21(15)16-10-13(2)20-17-18-11-19-22(16)17/h5-8,10-11,15H,3-4,9H2,1-2H3/t15-/m1/s1. The molecule has 1 aromatic carbocycles.